The van der Waals surface area contributed by atoms with E-state index in [9.17, 15) is 9.59 Å². The molecule has 1 aliphatic rings. The Morgan fingerprint density at radius 1 is 1.03 bits per heavy atom. The highest BCUT2D eigenvalue weighted by molar-refractivity contribution is 6.30. The topological polar surface area (TPSA) is 53.9 Å². The fourth-order valence-corrected chi connectivity index (χ4v) is 3.86. The molecule has 154 valence electrons. The van der Waals surface area contributed by atoms with Gasteiger partial charge in [-0.2, -0.15) is 0 Å². The number of piperidine rings is 1. The number of rotatable bonds is 6. The summed E-state index contributed by atoms with van der Waals surface area (Å²) in [5, 5.41) is 3.71. The summed E-state index contributed by atoms with van der Waals surface area (Å²) >= 11 is 5.89. The van der Waals surface area contributed by atoms with E-state index in [1.54, 1.807) is 24.3 Å². The van der Waals surface area contributed by atoms with Crippen molar-refractivity contribution in [1.29, 1.82) is 0 Å². The Balaban J connectivity index is 1.50. The molecular formula is C23H29ClN3O2+. The summed E-state index contributed by atoms with van der Waals surface area (Å²) in [5.74, 6) is 0.0344. The second-order valence-corrected chi connectivity index (χ2v) is 8.38. The second-order valence-electron chi connectivity index (χ2n) is 7.94. The van der Waals surface area contributed by atoms with Crippen LogP contribution in [0.3, 0.4) is 0 Å². The van der Waals surface area contributed by atoms with Gasteiger partial charge in [-0.25, -0.2) is 0 Å². The van der Waals surface area contributed by atoms with Crippen LogP contribution in [0.2, 0.25) is 5.02 Å². The van der Waals surface area contributed by atoms with Gasteiger partial charge in [0.05, 0.1) is 14.1 Å². The van der Waals surface area contributed by atoms with Gasteiger partial charge in [0.1, 0.15) is 6.54 Å². The minimum Gasteiger partial charge on any atom is -0.352 e. The van der Waals surface area contributed by atoms with Crippen molar-refractivity contribution < 1.29 is 14.5 Å². The molecule has 0 saturated carbocycles. The van der Waals surface area contributed by atoms with Crippen LogP contribution in [0.25, 0.3) is 0 Å². The lowest BCUT2D eigenvalue weighted by Crippen LogP contribution is -3.04. The van der Waals surface area contributed by atoms with Crippen LogP contribution in [0.1, 0.15) is 34.3 Å². The average Bonchev–Trinajstić information content (AvgIpc) is 2.72. The fraction of sp³-hybridized carbons (Fsp3) is 0.391. The number of benzene rings is 2. The van der Waals surface area contributed by atoms with Crippen LogP contribution in [0.5, 0.6) is 0 Å². The summed E-state index contributed by atoms with van der Waals surface area (Å²) in [6, 6.07) is 15.2. The Bertz CT molecular complexity index is 843. The van der Waals surface area contributed by atoms with Crippen molar-refractivity contribution in [2.45, 2.75) is 25.9 Å². The number of quaternary nitrogens is 1. The first-order valence-electron chi connectivity index (χ1n) is 10.1. The van der Waals surface area contributed by atoms with Crippen LogP contribution in [-0.2, 0) is 17.9 Å². The summed E-state index contributed by atoms with van der Waals surface area (Å²) in [7, 11) is 4.24. The van der Waals surface area contributed by atoms with E-state index in [2.05, 4.69) is 31.5 Å². The third-order valence-electron chi connectivity index (χ3n) is 5.36. The maximum Gasteiger partial charge on any atom is 0.253 e. The fourth-order valence-electron chi connectivity index (χ4n) is 3.73. The molecule has 0 radical (unpaired) electrons. The largest absolute Gasteiger partial charge is 0.352 e. The van der Waals surface area contributed by atoms with Gasteiger partial charge in [-0.1, -0.05) is 35.9 Å². The number of likely N-dealkylation sites (tertiary alicyclic amines) is 1. The summed E-state index contributed by atoms with van der Waals surface area (Å²) in [6.45, 7) is 2.67. The minimum absolute atomic E-state index is 0.000590. The average molecular weight is 415 g/mol. The third-order valence-corrected chi connectivity index (χ3v) is 5.61. The molecule has 1 heterocycles. The molecule has 29 heavy (non-hydrogen) atoms. The second kappa shape index (κ2) is 9.90. The Labute approximate surface area is 177 Å². The van der Waals surface area contributed by atoms with Crippen LogP contribution in [0, 0.1) is 5.92 Å². The van der Waals surface area contributed by atoms with Gasteiger partial charge < -0.3 is 15.1 Å². The molecular weight excluding hydrogens is 386 g/mol. The van der Waals surface area contributed by atoms with Crippen molar-refractivity contribution in [3.63, 3.8) is 0 Å². The molecule has 0 spiro atoms. The van der Waals surface area contributed by atoms with Crippen molar-refractivity contribution in [3.8, 4) is 0 Å². The number of halogens is 1. The first-order valence-corrected chi connectivity index (χ1v) is 10.5. The van der Waals surface area contributed by atoms with Gasteiger partial charge in [0.15, 0.2) is 0 Å². The van der Waals surface area contributed by atoms with E-state index < -0.39 is 0 Å². The van der Waals surface area contributed by atoms with Crippen LogP contribution in [0.4, 0.5) is 0 Å². The van der Waals surface area contributed by atoms with Gasteiger partial charge in [-0.05, 0) is 42.7 Å². The van der Waals surface area contributed by atoms with Gasteiger partial charge >= 0.3 is 0 Å². The maximum atomic E-state index is 12.7. The Hall–Kier alpha value is -2.37. The zero-order chi connectivity index (χ0) is 20.8. The number of carbonyl (C=O) groups is 2. The lowest BCUT2D eigenvalue weighted by molar-refractivity contribution is -0.872. The number of nitrogens with zero attached hydrogens (tertiary/aromatic N) is 1. The molecule has 6 heteroatoms. The van der Waals surface area contributed by atoms with E-state index in [1.165, 1.54) is 10.5 Å². The van der Waals surface area contributed by atoms with E-state index in [0.29, 0.717) is 43.1 Å². The summed E-state index contributed by atoms with van der Waals surface area (Å²) in [6.07, 6.45) is 1.38. The smallest absolute Gasteiger partial charge is 0.253 e. The van der Waals surface area contributed by atoms with Crippen molar-refractivity contribution in [2.75, 3.05) is 27.2 Å². The number of hydrogen-bond acceptors (Lipinski definition) is 2. The number of amides is 2. The molecule has 3 rings (SSSR count). The van der Waals surface area contributed by atoms with E-state index in [-0.39, 0.29) is 17.7 Å². The zero-order valence-corrected chi connectivity index (χ0v) is 17.8. The van der Waals surface area contributed by atoms with Gasteiger partial charge in [-0.15, -0.1) is 0 Å². The lowest BCUT2D eigenvalue weighted by atomic mass is 9.95. The predicted molar refractivity (Wildman–Crippen MR) is 115 cm³/mol. The van der Waals surface area contributed by atoms with E-state index >= 15 is 0 Å². The van der Waals surface area contributed by atoms with Crippen molar-refractivity contribution in [1.82, 2.24) is 10.2 Å². The predicted octanol–water partition coefficient (Wildman–Crippen LogP) is 2.15. The van der Waals surface area contributed by atoms with Crippen molar-refractivity contribution in [3.05, 3.63) is 70.2 Å². The molecule has 0 aromatic heterocycles. The van der Waals surface area contributed by atoms with Gasteiger partial charge in [-0.3, -0.25) is 9.59 Å². The summed E-state index contributed by atoms with van der Waals surface area (Å²) in [4.78, 5) is 28.4. The lowest BCUT2D eigenvalue weighted by Gasteiger charge is -2.31. The normalized spacial score (nSPS) is 14.8. The van der Waals surface area contributed by atoms with Gasteiger partial charge in [0.25, 0.3) is 5.91 Å². The Morgan fingerprint density at radius 2 is 1.66 bits per heavy atom. The molecule has 2 amide bonds. The first kappa shape index (κ1) is 21.3. The molecule has 2 aromatic rings. The Morgan fingerprint density at radius 3 is 2.28 bits per heavy atom. The quantitative estimate of drug-likeness (QED) is 0.761. The van der Waals surface area contributed by atoms with Crippen LogP contribution >= 0.6 is 11.6 Å². The molecule has 2 aromatic carbocycles. The summed E-state index contributed by atoms with van der Waals surface area (Å²) in [5.41, 5.74) is 3.06. The van der Waals surface area contributed by atoms with Gasteiger partial charge in [0.2, 0.25) is 5.91 Å². The molecule has 0 bridgehead atoms. The molecule has 1 saturated heterocycles. The number of carbonyl (C=O) groups excluding carboxylic acids is 2. The van der Waals surface area contributed by atoms with Crippen LogP contribution in [0.15, 0.2) is 48.5 Å². The van der Waals surface area contributed by atoms with Crippen molar-refractivity contribution in [2.24, 2.45) is 5.92 Å². The molecule has 0 unspecified atom stereocenters. The maximum absolute atomic E-state index is 12.7. The molecule has 0 atom stereocenters. The van der Waals surface area contributed by atoms with E-state index in [0.717, 1.165) is 12.1 Å². The Kier molecular flexibility index (Phi) is 7.29. The number of nitrogens with one attached hydrogen (secondary N) is 2. The first-order chi connectivity index (χ1) is 13.9. The molecule has 1 fully saturated rings. The van der Waals surface area contributed by atoms with E-state index in [1.807, 2.05) is 17.0 Å². The van der Waals surface area contributed by atoms with Gasteiger partial charge in [0, 0.05) is 41.7 Å². The highest BCUT2D eigenvalue weighted by atomic mass is 35.5. The number of hydrogen-bond donors (Lipinski definition) is 2. The van der Waals surface area contributed by atoms with Crippen LogP contribution < -0.4 is 10.2 Å². The van der Waals surface area contributed by atoms with Crippen LogP contribution in [-0.4, -0.2) is 43.9 Å². The SMILES string of the molecule is C[NH+](C)Cc1ccccc1CNC(=O)C1CCN(C(=O)c2ccc(Cl)cc2)CC1. The molecule has 5 nitrogen and oxygen atoms in total. The standard InChI is InChI=1S/C23H28ClN3O2/c1-26(2)16-20-6-4-3-5-19(20)15-25-22(28)17-11-13-27(14-12-17)23(29)18-7-9-21(24)10-8-18/h3-10,17H,11-16H2,1-2H3,(H,25,28)/p+1. The zero-order valence-electron chi connectivity index (χ0n) is 17.1. The summed E-state index contributed by atoms with van der Waals surface area (Å²) < 4.78 is 0. The third kappa shape index (κ3) is 5.81. The highest BCUT2D eigenvalue weighted by Crippen LogP contribution is 2.20. The monoisotopic (exact) mass is 414 g/mol. The highest BCUT2D eigenvalue weighted by Gasteiger charge is 2.27. The molecule has 2 N–H and O–H groups in total. The molecule has 0 aliphatic carbocycles. The molecule has 1 aliphatic heterocycles. The van der Waals surface area contributed by atoms with E-state index in [4.69, 9.17) is 11.6 Å². The minimum atomic E-state index is -0.0455. The van der Waals surface area contributed by atoms with Crippen molar-refractivity contribution >= 4 is 23.4 Å².